The van der Waals surface area contributed by atoms with E-state index in [0.29, 0.717) is 38.8 Å². The van der Waals surface area contributed by atoms with Crippen LogP contribution in [0.1, 0.15) is 25.7 Å². The number of rotatable bonds is 4. The smallest absolute Gasteiger partial charge is 0.306 e. The molecule has 0 aromatic heterocycles. The van der Waals surface area contributed by atoms with E-state index in [0.717, 1.165) is 13.1 Å². The number of hydrogen-bond acceptors (Lipinski definition) is 4. The molecule has 2 aliphatic heterocycles. The zero-order valence-electron chi connectivity index (χ0n) is 10.3. The molecule has 2 aliphatic rings. The minimum absolute atomic E-state index is 0.0829. The third-order valence-corrected chi connectivity index (χ3v) is 3.73. The van der Waals surface area contributed by atoms with Gasteiger partial charge in [-0.1, -0.05) is 0 Å². The summed E-state index contributed by atoms with van der Waals surface area (Å²) in [4.78, 5) is 37.1. The van der Waals surface area contributed by atoms with E-state index < -0.39 is 5.97 Å². The van der Waals surface area contributed by atoms with Crippen LogP contribution in [0.4, 0.5) is 0 Å². The molecular formula is C12H18N2O4. The van der Waals surface area contributed by atoms with Crippen molar-refractivity contribution in [3.63, 3.8) is 0 Å². The fourth-order valence-electron chi connectivity index (χ4n) is 2.52. The first-order valence-electron chi connectivity index (χ1n) is 6.36. The number of carboxylic acid groups (broad SMARTS) is 1. The fraction of sp³-hybridized carbons (Fsp3) is 0.750. The van der Waals surface area contributed by atoms with Crippen LogP contribution in [-0.2, 0) is 14.4 Å². The summed E-state index contributed by atoms with van der Waals surface area (Å²) in [6, 6.07) is 0. The SMILES string of the molecule is O=C(O)C1CCN(CCN2C(=O)CCC2=O)CC1. The van der Waals surface area contributed by atoms with Gasteiger partial charge in [0.15, 0.2) is 0 Å². The van der Waals surface area contributed by atoms with E-state index in [1.54, 1.807) is 0 Å². The zero-order chi connectivity index (χ0) is 13.1. The number of imide groups is 1. The Bertz CT molecular complexity index is 345. The van der Waals surface area contributed by atoms with E-state index in [1.807, 2.05) is 0 Å². The highest BCUT2D eigenvalue weighted by Gasteiger charge is 2.30. The van der Waals surface area contributed by atoms with Crippen LogP contribution < -0.4 is 0 Å². The van der Waals surface area contributed by atoms with Gasteiger partial charge in [-0.2, -0.15) is 0 Å². The second-order valence-corrected chi connectivity index (χ2v) is 4.89. The predicted molar refractivity (Wildman–Crippen MR) is 62.8 cm³/mol. The number of carboxylic acids is 1. The van der Waals surface area contributed by atoms with E-state index in [-0.39, 0.29) is 17.7 Å². The van der Waals surface area contributed by atoms with Crippen LogP contribution in [0.2, 0.25) is 0 Å². The van der Waals surface area contributed by atoms with E-state index in [4.69, 9.17) is 5.11 Å². The van der Waals surface area contributed by atoms with Crippen LogP contribution in [0.5, 0.6) is 0 Å². The Morgan fingerprint density at radius 1 is 1.11 bits per heavy atom. The lowest BCUT2D eigenvalue weighted by Crippen LogP contribution is -2.42. The summed E-state index contributed by atoms with van der Waals surface area (Å²) in [7, 11) is 0. The number of carbonyl (C=O) groups excluding carboxylic acids is 2. The minimum atomic E-state index is -0.723. The molecule has 2 amide bonds. The van der Waals surface area contributed by atoms with Crippen LogP contribution >= 0.6 is 0 Å². The molecule has 2 heterocycles. The summed E-state index contributed by atoms with van der Waals surface area (Å²) in [5, 5.41) is 8.88. The molecule has 1 N–H and O–H groups in total. The average Bonchev–Trinajstić information content (AvgIpc) is 2.67. The molecule has 2 rings (SSSR count). The monoisotopic (exact) mass is 254 g/mol. The van der Waals surface area contributed by atoms with E-state index >= 15 is 0 Å². The molecule has 0 unspecified atom stereocenters. The highest BCUT2D eigenvalue weighted by atomic mass is 16.4. The van der Waals surface area contributed by atoms with Crippen molar-refractivity contribution in [2.75, 3.05) is 26.2 Å². The Balaban J connectivity index is 1.74. The highest BCUT2D eigenvalue weighted by molar-refractivity contribution is 6.01. The summed E-state index contributed by atoms with van der Waals surface area (Å²) in [5.74, 6) is -1.13. The van der Waals surface area contributed by atoms with Crippen LogP contribution in [0, 0.1) is 5.92 Å². The quantitative estimate of drug-likeness (QED) is 0.711. The molecule has 18 heavy (non-hydrogen) atoms. The van der Waals surface area contributed by atoms with Crippen molar-refractivity contribution in [3.05, 3.63) is 0 Å². The summed E-state index contributed by atoms with van der Waals surface area (Å²) >= 11 is 0. The molecule has 6 nitrogen and oxygen atoms in total. The number of hydrogen-bond donors (Lipinski definition) is 1. The van der Waals surface area contributed by atoms with Crippen molar-refractivity contribution in [1.82, 2.24) is 9.80 Å². The van der Waals surface area contributed by atoms with Crippen molar-refractivity contribution < 1.29 is 19.5 Å². The highest BCUT2D eigenvalue weighted by Crippen LogP contribution is 2.17. The molecule has 0 aliphatic carbocycles. The molecule has 0 aromatic rings. The minimum Gasteiger partial charge on any atom is -0.481 e. The number of aliphatic carboxylic acids is 1. The molecule has 0 spiro atoms. The van der Waals surface area contributed by atoms with Gasteiger partial charge < -0.3 is 10.0 Å². The summed E-state index contributed by atoms with van der Waals surface area (Å²) in [6.07, 6.45) is 1.97. The molecule has 2 saturated heterocycles. The molecule has 100 valence electrons. The van der Waals surface area contributed by atoms with Gasteiger partial charge in [-0.25, -0.2) is 0 Å². The van der Waals surface area contributed by atoms with Crippen molar-refractivity contribution in [3.8, 4) is 0 Å². The first-order valence-corrected chi connectivity index (χ1v) is 6.36. The first kappa shape index (κ1) is 13.0. The number of likely N-dealkylation sites (tertiary alicyclic amines) is 2. The van der Waals surface area contributed by atoms with Crippen molar-refractivity contribution in [2.45, 2.75) is 25.7 Å². The molecular weight excluding hydrogens is 236 g/mol. The lowest BCUT2D eigenvalue weighted by atomic mass is 9.97. The van der Waals surface area contributed by atoms with Crippen molar-refractivity contribution >= 4 is 17.8 Å². The Labute approximate surface area is 106 Å². The second-order valence-electron chi connectivity index (χ2n) is 4.89. The molecule has 0 atom stereocenters. The van der Waals surface area contributed by atoms with Crippen molar-refractivity contribution in [2.24, 2.45) is 5.92 Å². The van der Waals surface area contributed by atoms with Gasteiger partial charge >= 0.3 is 5.97 Å². The van der Waals surface area contributed by atoms with Crippen LogP contribution in [-0.4, -0.2) is 58.9 Å². The van der Waals surface area contributed by atoms with E-state index in [1.165, 1.54) is 4.90 Å². The first-order chi connectivity index (χ1) is 8.58. The van der Waals surface area contributed by atoms with Crippen LogP contribution in [0.25, 0.3) is 0 Å². The average molecular weight is 254 g/mol. The van der Waals surface area contributed by atoms with Gasteiger partial charge in [0.2, 0.25) is 11.8 Å². The number of piperidine rings is 1. The van der Waals surface area contributed by atoms with Crippen LogP contribution in [0.3, 0.4) is 0 Å². The fourth-order valence-corrected chi connectivity index (χ4v) is 2.52. The number of amides is 2. The Morgan fingerprint density at radius 2 is 1.67 bits per heavy atom. The van der Waals surface area contributed by atoms with E-state index in [2.05, 4.69) is 4.90 Å². The topological polar surface area (TPSA) is 77.9 Å². The standard InChI is InChI=1S/C12H18N2O4/c15-10-1-2-11(16)14(10)8-7-13-5-3-9(4-6-13)12(17)18/h9H,1-8H2,(H,17,18). The third kappa shape index (κ3) is 2.87. The van der Waals surface area contributed by atoms with Gasteiger partial charge in [-0.3, -0.25) is 19.3 Å². The van der Waals surface area contributed by atoms with Gasteiger partial charge in [0.05, 0.1) is 5.92 Å². The Hall–Kier alpha value is -1.43. The zero-order valence-corrected chi connectivity index (χ0v) is 10.3. The lowest BCUT2D eigenvalue weighted by Gasteiger charge is -2.30. The third-order valence-electron chi connectivity index (χ3n) is 3.73. The molecule has 0 radical (unpaired) electrons. The molecule has 0 bridgehead atoms. The molecule has 0 aromatic carbocycles. The summed E-state index contributed by atoms with van der Waals surface area (Å²) < 4.78 is 0. The number of carbonyl (C=O) groups is 3. The van der Waals surface area contributed by atoms with Gasteiger partial charge in [-0.05, 0) is 25.9 Å². The van der Waals surface area contributed by atoms with Crippen LogP contribution in [0.15, 0.2) is 0 Å². The maximum atomic E-state index is 11.4. The van der Waals surface area contributed by atoms with Gasteiger partial charge in [-0.15, -0.1) is 0 Å². The van der Waals surface area contributed by atoms with Gasteiger partial charge in [0, 0.05) is 25.9 Å². The number of nitrogens with zero attached hydrogens (tertiary/aromatic N) is 2. The Kier molecular flexibility index (Phi) is 3.96. The second kappa shape index (κ2) is 5.48. The molecule has 2 fully saturated rings. The van der Waals surface area contributed by atoms with Gasteiger partial charge in [0.1, 0.15) is 0 Å². The summed E-state index contributed by atoms with van der Waals surface area (Å²) in [5.41, 5.74) is 0. The Morgan fingerprint density at radius 3 is 2.17 bits per heavy atom. The maximum absolute atomic E-state index is 11.4. The largest absolute Gasteiger partial charge is 0.481 e. The molecule has 6 heteroatoms. The summed E-state index contributed by atoms with van der Waals surface area (Å²) in [6.45, 7) is 2.56. The van der Waals surface area contributed by atoms with Gasteiger partial charge in [0.25, 0.3) is 0 Å². The lowest BCUT2D eigenvalue weighted by molar-refractivity contribution is -0.143. The maximum Gasteiger partial charge on any atom is 0.306 e. The molecule has 0 saturated carbocycles. The van der Waals surface area contributed by atoms with E-state index in [9.17, 15) is 14.4 Å². The normalized spacial score (nSPS) is 22.8. The predicted octanol–water partition coefficient (Wildman–Crippen LogP) is -0.0680. The van der Waals surface area contributed by atoms with Crippen molar-refractivity contribution in [1.29, 1.82) is 0 Å².